The molecular weight excluding hydrogens is 288 g/mol. The van der Waals surface area contributed by atoms with Crippen LogP contribution in [0.25, 0.3) is 16.9 Å². The van der Waals surface area contributed by atoms with Crippen LogP contribution >= 0.6 is 0 Å². The number of aromatic nitrogens is 5. The molecule has 0 spiro atoms. The Morgan fingerprint density at radius 2 is 2.05 bits per heavy atom. The van der Waals surface area contributed by atoms with Gasteiger partial charge in [0.15, 0.2) is 0 Å². The minimum absolute atomic E-state index is 0.0179. The number of hydrogen-bond donors (Lipinski definition) is 0. The number of hydrogen-bond acceptors (Lipinski definition) is 7. The van der Waals surface area contributed by atoms with E-state index in [4.69, 9.17) is 4.74 Å². The molecule has 0 atom stereocenters. The maximum Gasteiger partial charge on any atom is 0.375 e. The highest BCUT2D eigenvalue weighted by atomic mass is 16.6. The van der Waals surface area contributed by atoms with Crippen LogP contribution in [-0.2, 0) is 0 Å². The predicted octanol–water partition coefficient (Wildman–Crippen LogP) is 1.91. The normalized spacial score (nSPS) is 11.0. The third-order valence-corrected chi connectivity index (χ3v) is 2.85. The van der Waals surface area contributed by atoms with Gasteiger partial charge >= 0.3 is 5.69 Å². The first kappa shape index (κ1) is 13.9. The van der Waals surface area contributed by atoms with E-state index >= 15 is 0 Å². The summed E-state index contributed by atoms with van der Waals surface area (Å²) in [6, 6.07) is 7.12. The molecule has 2 heterocycles. The fourth-order valence-electron chi connectivity index (χ4n) is 2.00. The van der Waals surface area contributed by atoms with E-state index in [0.29, 0.717) is 11.0 Å². The molecule has 3 aromatic rings. The Kier molecular flexibility index (Phi) is 3.37. The van der Waals surface area contributed by atoms with Gasteiger partial charge in [-0.2, -0.15) is 9.67 Å². The van der Waals surface area contributed by atoms with Crippen LogP contribution in [0, 0.1) is 10.1 Å². The summed E-state index contributed by atoms with van der Waals surface area (Å²) in [5.74, 6) is -0.0751. The zero-order chi connectivity index (χ0) is 15.7. The van der Waals surface area contributed by atoms with Crippen molar-refractivity contribution in [3.63, 3.8) is 0 Å². The van der Waals surface area contributed by atoms with Crippen molar-refractivity contribution in [1.82, 2.24) is 25.0 Å². The van der Waals surface area contributed by atoms with E-state index in [2.05, 4.69) is 20.3 Å². The fourth-order valence-corrected chi connectivity index (χ4v) is 2.00. The number of ether oxygens (including phenoxy) is 1. The zero-order valence-corrected chi connectivity index (χ0v) is 11.9. The standard InChI is InChI=1S/C13H12N6O3/c1-8(2)22-13-11(19(20)21)12(14-7-15-13)18-10-6-4-3-5-9(10)16-17-18/h3-8H,1-2H3. The average molecular weight is 300 g/mol. The van der Waals surface area contributed by atoms with E-state index in [1.54, 1.807) is 32.0 Å². The number of para-hydroxylation sites is 1. The quantitative estimate of drug-likeness (QED) is 0.534. The maximum absolute atomic E-state index is 11.4. The zero-order valence-electron chi connectivity index (χ0n) is 11.9. The topological polar surface area (TPSA) is 109 Å². The van der Waals surface area contributed by atoms with Crippen LogP contribution < -0.4 is 4.74 Å². The van der Waals surface area contributed by atoms with Crippen molar-refractivity contribution in [2.24, 2.45) is 0 Å². The van der Waals surface area contributed by atoms with E-state index in [-0.39, 0.29) is 23.5 Å². The summed E-state index contributed by atoms with van der Waals surface area (Å²) in [6.07, 6.45) is 0.949. The van der Waals surface area contributed by atoms with Crippen LogP contribution in [0.4, 0.5) is 5.69 Å². The Balaban J connectivity index is 2.24. The lowest BCUT2D eigenvalue weighted by Gasteiger charge is -2.10. The summed E-state index contributed by atoms with van der Waals surface area (Å²) >= 11 is 0. The summed E-state index contributed by atoms with van der Waals surface area (Å²) < 4.78 is 6.71. The predicted molar refractivity (Wildman–Crippen MR) is 76.9 cm³/mol. The lowest BCUT2D eigenvalue weighted by Crippen LogP contribution is -2.12. The van der Waals surface area contributed by atoms with Crippen molar-refractivity contribution in [2.45, 2.75) is 20.0 Å². The van der Waals surface area contributed by atoms with Crippen molar-refractivity contribution in [3.8, 4) is 11.7 Å². The molecule has 0 N–H and O–H groups in total. The van der Waals surface area contributed by atoms with Gasteiger partial charge in [0.1, 0.15) is 11.8 Å². The lowest BCUT2D eigenvalue weighted by atomic mass is 10.3. The van der Waals surface area contributed by atoms with Crippen molar-refractivity contribution in [1.29, 1.82) is 0 Å². The Morgan fingerprint density at radius 3 is 2.77 bits per heavy atom. The molecule has 0 radical (unpaired) electrons. The Morgan fingerprint density at radius 1 is 1.27 bits per heavy atom. The van der Waals surface area contributed by atoms with E-state index < -0.39 is 4.92 Å². The molecule has 0 aliphatic heterocycles. The number of nitrogens with zero attached hydrogens (tertiary/aromatic N) is 6. The molecule has 0 amide bonds. The van der Waals surface area contributed by atoms with Gasteiger partial charge in [0.05, 0.1) is 16.5 Å². The second kappa shape index (κ2) is 5.35. The van der Waals surface area contributed by atoms with Gasteiger partial charge in [-0.1, -0.05) is 17.3 Å². The first-order valence-corrected chi connectivity index (χ1v) is 6.55. The van der Waals surface area contributed by atoms with Crippen LogP contribution in [0.3, 0.4) is 0 Å². The minimum Gasteiger partial charge on any atom is -0.470 e. The van der Waals surface area contributed by atoms with E-state index in [9.17, 15) is 10.1 Å². The molecule has 0 unspecified atom stereocenters. The summed E-state index contributed by atoms with van der Waals surface area (Å²) in [4.78, 5) is 18.7. The molecular formula is C13H12N6O3. The smallest absolute Gasteiger partial charge is 0.375 e. The number of rotatable bonds is 4. The van der Waals surface area contributed by atoms with Gasteiger partial charge < -0.3 is 4.74 Å². The molecule has 0 saturated heterocycles. The Bertz CT molecular complexity index is 845. The van der Waals surface area contributed by atoms with Gasteiger partial charge in [-0.05, 0) is 26.0 Å². The van der Waals surface area contributed by atoms with E-state index in [1.807, 2.05) is 6.07 Å². The van der Waals surface area contributed by atoms with Gasteiger partial charge in [-0.15, -0.1) is 5.10 Å². The molecule has 22 heavy (non-hydrogen) atoms. The van der Waals surface area contributed by atoms with E-state index in [0.717, 1.165) is 0 Å². The lowest BCUT2D eigenvalue weighted by molar-refractivity contribution is -0.386. The number of benzene rings is 1. The van der Waals surface area contributed by atoms with Crippen LogP contribution in [0.1, 0.15) is 13.8 Å². The van der Waals surface area contributed by atoms with Crippen molar-refractivity contribution < 1.29 is 9.66 Å². The van der Waals surface area contributed by atoms with E-state index in [1.165, 1.54) is 11.0 Å². The average Bonchev–Trinajstić information content (AvgIpc) is 2.90. The van der Waals surface area contributed by atoms with Crippen LogP contribution in [0.5, 0.6) is 5.88 Å². The first-order chi connectivity index (χ1) is 10.6. The molecule has 2 aromatic heterocycles. The summed E-state index contributed by atoms with van der Waals surface area (Å²) in [6.45, 7) is 3.52. The first-order valence-electron chi connectivity index (χ1n) is 6.55. The van der Waals surface area contributed by atoms with Crippen molar-refractivity contribution >= 4 is 16.7 Å². The highest BCUT2D eigenvalue weighted by Gasteiger charge is 2.28. The number of fused-ring (bicyclic) bond motifs is 1. The Labute approximate surface area is 124 Å². The summed E-state index contributed by atoms with van der Waals surface area (Å²) in [7, 11) is 0. The number of nitro groups is 1. The third kappa shape index (κ3) is 2.32. The highest BCUT2D eigenvalue weighted by molar-refractivity contribution is 5.76. The molecule has 112 valence electrons. The maximum atomic E-state index is 11.4. The third-order valence-electron chi connectivity index (χ3n) is 2.85. The molecule has 9 heteroatoms. The largest absolute Gasteiger partial charge is 0.470 e. The van der Waals surface area contributed by atoms with Crippen LogP contribution in [0.2, 0.25) is 0 Å². The van der Waals surface area contributed by atoms with Gasteiger partial charge in [-0.25, -0.2) is 4.98 Å². The second-order valence-corrected chi connectivity index (χ2v) is 4.76. The van der Waals surface area contributed by atoms with Crippen molar-refractivity contribution in [2.75, 3.05) is 0 Å². The van der Waals surface area contributed by atoms with Gasteiger partial charge in [-0.3, -0.25) is 10.1 Å². The highest BCUT2D eigenvalue weighted by Crippen LogP contribution is 2.31. The molecule has 0 aliphatic carbocycles. The molecule has 0 saturated carbocycles. The summed E-state index contributed by atoms with van der Waals surface area (Å²) in [5.41, 5.74) is 0.883. The van der Waals surface area contributed by atoms with Gasteiger partial charge in [0, 0.05) is 0 Å². The van der Waals surface area contributed by atoms with Gasteiger partial charge in [0.25, 0.3) is 5.88 Å². The molecule has 9 nitrogen and oxygen atoms in total. The summed E-state index contributed by atoms with van der Waals surface area (Å²) in [5, 5.41) is 19.4. The molecule has 0 aliphatic rings. The molecule has 1 aromatic carbocycles. The Hall–Kier alpha value is -3.10. The fraction of sp³-hybridized carbons (Fsp3) is 0.231. The van der Waals surface area contributed by atoms with Crippen LogP contribution in [0.15, 0.2) is 30.6 Å². The van der Waals surface area contributed by atoms with Crippen LogP contribution in [-0.4, -0.2) is 36.0 Å². The molecule has 3 rings (SSSR count). The minimum atomic E-state index is -0.580. The van der Waals surface area contributed by atoms with Gasteiger partial charge in [0.2, 0.25) is 5.82 Å². The monoisotopic (exact) mass is 300 g/mol. The SMILES string of the molecule is CC(C)Oc1ncnc(-n2nnc3ccccc32)c1[N+](=O)[O-]. The van der Waals surface area contributed by atoms with Crippen molar-refractivity contribution in [3.05, 3.63) is 40.7 Å². The molecule has 0 bridgehead atoms. The second-order valence-electron chi connectivity index (χ2n) is 4.76. The molecule has 0 fully saturated rings.